The van der Waals surface area contributed by atoms with Crippen LogP contribution in [-0.4, -0.2) is 36.5 Å². The number of carboxylic acid groups (broad SMARTS) is 1. The van der Waals surface area contributed by atoms with Crippen LogP contribution in [0.4, 0.5) is 0 Å². The van der Waals surface area contributed by atoms with Gasteiger partial charge in [0.15, 0.2) is 0 Å². The van der Waals surface area contributed by atoms with Gasteiger partial charge in [0.25, 0.3) is 5.91 Å². The minimum Gasteiger partial charge on any atom is -0.480 e. The standard InChI is InChI=1S/C18H19N5O3/c1-12-15(13(2)23(20-12)14-6-4-3-5-7-14)10-19-18(26)16-8-9-22(21-16)11-17(24)25/h3-9H,10-11H2,1-2H3,(H,19,26)(H,24,25). The molecule has 0 unspecified atom stereocenters. The highest BCUT2D eigenvalue weighted by Crippen LogP contribution is 2.17. The Morgan fingerprint density at radius 2 is 1.85 bits per heavy atom. The molecular formula is C18H19N5O3. The van der Waals surface area contributed by atoms with Crippen LogP contribution in [0.1, 0.15) is 27.4 Å². The molecule has 8 heteroatoms. The van der Waals surface area contributed by atoms with Crippen molar-refractivity contribution in [2.75, 3.05) is 0 Å². The Labute approximate surface area is 150 Å². The summed E-state index contributed by atoms with van der Waals surface area (Å²) in [5, 5.41) is 20.1. The Morgan fingerprint density at radius 3 is 2.54 bits per heavy atom. The van der Waals surface area contributed by atoms with E-state index in [-0.39, 0.29) is 18.1 Å². The molecule has 0 aliphatic carbocycles. The van der Waals surface area contributed by atoms with Crippen LogP contribution in [-0.2, 0) is 17.9 Å². The van der Waals surface area contributed by atoms with Crippen molar-refractivity contribution in [2.24, 2.45) is 0 Å². The molecule has 0 aliphatic rings. The van der Waals surface area contributed by atoms with Gasteiger partial charge in [-0.05, 0) is 32.0 Å². The van der Waals surface area contributed by atoms with Crippen molar-refractivity contribution >= 4 is 11.9 Å². The second kappa shape index (κ2) is 7.22. The van der Waals surface area contributed by atoms with E-state index in [1.54, 1.807) is 0 Å². The smallest absolute Gasteiger partial charge is 0.325 e. The summed E-state index contributed by atoms with van der Waals surface area (Å²) in [6.45, 7) is 3.88. The van der Waals surface area contributed by atoms with E-state index in [1.165, 1.54) is 16.9 Å². The third kappa shape index (κ3) is 3.64. The fraction of sp³-hybridized carbons (Fsp3) is 0.222. The van der Waals surface area contributed by atoms with Crippen molar-refractivity contribution in [2.45, 2.75) is 26.9 Å². The van der Waals surface area contributed by atoms with E-state index >= 15 is 0 Å². The first kappa shape index (κ1) is 17.4. The maximum atomic E-state index is 12.3. The number of hydrogen-bond donors (Lipinski definition) is 2. The molecule has 8 nitrogen and oxygen atoms in total. The summed E-state index contributed by atoms with van der Waals surface area (Å²) < 4.78 is 3.06. The molecule has 2 heterocycles. The summed E-state index contributed by atoms with van der Waals surface area (Å²) in [7, 11) is 0. The molecule has 0 atom stereocenters. The maximum absolute atomic E-state index is 12.3. The van der Waals surface area contributed by atoms with Crippen LogP contribution in [0.2, 0.25) is 0 Å². The van der Waals surface area contributed by atoms with E-state index in [2.05, 4.69) is 15.5 Å². The molecule has 0 aliphatic heterocycles. The molecule has 1 aromatic carbocycles. The first-order valence-electron chi connectivity index (χ1n) is 8.09. The topological polar surface area (TPSA) is 102 Å². The predicted molar refractivity (Wildman–Crippen MR) is 94.1 cm³/mol. The summed E-state index contributed by atoms with van der Waals surface area (Å²) in [6.07, 6.45) is 1.47. The van der Waals surface area contributed by atoms with Crippen LogP contribution >= 0.6 is 0 Å². The summed E-state index contributed by atoms with van der Waals surface area (Å²) in [5.41, 5.74) is 3.86. The first-order chi connectivity index (χ1) is 12.5. The van der Waals surface area contributed by atoms with E-state index in [0.29, 0.717) is 6.54 Å². The van der Waals surface area contributed by atoms with Gasteiger partial charge in [0.2, 0.25) is 0 Å². The molecule has 1 amide bonds. The number of carbonyl (C=O) groups excluding carboxylic acids is 1. The molecule has 26 heavy (non-hydrogen) atoms. The van der Waals surface area contributed by atoms with Gasteiger partial charge >= 0.3 is 5.97 Å². The number of para-hydroxylation sites is 1. The number of aryl methyl sites for hydroxylation is 1. The van der Waals surface area contributed by atoms with E-state index in [4.69, 9.17) is 5.11 Å². The number of nitrogens with one attached hydrogen (secondary N) is 1. The molecule has 3 rings (SSSR count). The molecule has 2 aromatic heterocycles. The first-order valence-corrected chi connectivity index (χ1v) is 8.09. The number of hydrogen-bond acceptors (Lipinski definition) is 4. The lowest BCUT2D eigenvalue weighted by atomic mass is 10.2. The Kier molecular flexibility index (Phi) is 4.83. The molecule has 2 N–H and O–H groups in total. The molecule has 0 fully saturated rings. The normalized spacial score (nSPS) is 10.7. The van der Waals surface area contributed by atoms with E-state index < -0.39 is 5.97 Å². The fourth-order valence-corrected chi connectivity index (χ4v) is 2.72. The second-order valence-electron chi connectivity index (χ2n) is 5.87. The van der Waals surface area contributed by atoms with Gasteiger partial charge in [-0.2, -0.15) is 10.2 Å². The number of carboxylic acids is 1. The van der Waals surface area contributed by atoms with Gasteiger partial charge in [-0.3, -0.25) is 14.3 Å². The quantitative estimate of drug-likeness (QED) is 0.702. The minimum atomic E-state index is -1.01. The van der Waals surface area contributed by atoms with Crippen LogP contribution in [0.5, 0.6) is 0 Å². The highest BCUT2D eigenvalue weighted by molar-refractivity contribution is 5.92. The average molecular weight is 353 g/mol. The molecule has 0 bridgehead atoms. The summed E-state index contributed by atoms with van der Waals surface area (Å²) in [5.74, 6) is -1.37. The number of aromatic nitrogens is 4. The van der Waals surface area contributed by atoms with E-state index in [9.17, 15) is 9.59 Å². The third-order valence-electron chi connectivity index (χ3n) is 4.04. The zero-order valence-electron chi connectivity index (χ0n) is 14.5. The Balaban J connectivity index is 1.72. The van der Waals surface area contributed by atoms with Gasteiger partial charge in [-0.15, -0.1) is 0 Å². The fourth-order valence-electron chi connectivity index (χ4n) is 2.72. The lowest BCUT2D eigenvalue weighted by Gasteiger charge is -2.06. The molecule has 0 spiro atoms. The summed E-state index contributed by atoms with van der Waals surface area (Å²) >= 11 is 0. The molecule has 0 radical (unpaired) electrons. The van der Waals surface area contributed by atoms with E-state index in [1.807, 2.05) is 48.9 Å². The monoisotopic (exact) mass is 353 g/mol. The second-order valence-corrected chi connectivity index (χ2v) is 5.87. The highest BCUT2D eigenvalue weighted by atomic mass is 16.4. The van der Waals surface area contributed by atoms with Gasteiger partial charge in [0.05, 0.1) is 11.4 Å². The summed E-state index contributed by atoms with van der Waals surface area (Å²) in [6, 6.07) is 11.3. The van der Waals surface area contributed by atoms with Gasteiger partial charge in [-0.1, -0.05) is 18.2 Å². The van der Waals surface area contributed by atoms with Gasteiger partial charge in [0, 0.05) is 24.0 Å². The molecular weight excluding hydrogens is 334 g/mol. The van der Waals surface area contributed by atoms with Crippen LogP contribution in [0.15, 0.2) is 42.6 Å². The number of nitrogens with zero attached hydrogens (tertiary/aromatic N) is 4. The number of benzene rings is 1. The van der Waals surface area contributed by atoms with Crippen molar-refractivity contribution < 1.29 is 14.7 Å². The predicted octanol–water partition coefficient (Wildman–Crippen LogP) is 1.70. The number of amides is 1. The Hall–Kier alpha value is -3.42. The molecule has 3 aromatic rings. The van der Waals surface area contributed by atoms with Crippen LogP contribution in [0, 0.1) is 13.8 Å². The van der Waals surface area contributed by atoms with Crippen molar-refractivity contribution in [3.8, 4) is 5.69 Å². The zero-order valence-corrected chi connectivity index (χ0v) is 14.5. The SMILES string of the molecule is Cc1nn(-c2ccccc2)c(C)c1CNC(=O)c1ccn(CC(=O)O)n1. The Bertz CT molecular complexity index is 943. The maximum Gasteiger partial charge on any atom is 0.325 e. The molecule has 134 valence electrons. The zero-order chi connectivity index (χ0) is 18.7. The number of carbonyl (C=O) groups is 2. The van der Waals surface area contributed by atoms with Crippen molar-refractivity contribution in [1.29, 1.82) is 0 Å². The van der Waals surface area contributed by atoms with E-state index in [0.717, 1.165) is 22.6 Å². The van der Waals surface area contributed by atoms with Crippen molar-refractivity contribution in [1.82, 2.24) is 24.9 Å². The Morgan fingerprint density at radius 1 is 1.12 bits per heavy atom. The van der Waals surface area contributed by atoms with Crippen LogP contribution in [0.3, 0.4) is 0 Å². The number of aliphatic carboxylic acids is 1. The van der Waals surface area contributed by atoms with Gasteiger partial charge in [0.1, 0.15) is 12.2 Å². The lowest BCUT2D eigenvalue weighted by Crippen LogP contribution is -2.24. The number of rotatable bonds is 6. The third-order valence-corrected chi connectivity index (χ3v) is 4.04. The van der Waals surface area contributed by atoms with Crippen LogP contribution < -0.4 is 5.32 Å². The molecule has 0 saturated carbocycles. The van der Waals surface area contributed by atoms with Crippen LogP contribution in [0.25, 0.3) is 5.69 Å². The van der Waals surface area contributed by atoms with Crippen molar-refractivity contribution in [3.63, 3.8) is 0 Å². The lowest BCUT2D eigenvalue weighted by molar-refractivity contribution is -0.137. The minimum absolute atomic E-state index is 0.178. The van der Waals surface area contributed by atoms with Crippen molar-refractivity contribution in [3.05, 3.63) is 65.2 Å². The molecule has 0 saturated heterocycles. The highest BCUT2D eigenvalue weighted by Gasteiger charge is 2.15. The largest absolute Gasteiger partial charge is 0.480 e. The van der Waals surface area contributed by atoms with Gasteiger partial charge in [-0.25, -0.2) is 4.68 Å². The average Bonchev–Trinajstić information content (AvgIpc) is 3.18. The van der Waals surface area contributed by atoms with Gasteiger partial charge < -0.3 is 10.4 Å². The summed E-state index contributed by atoms with van der Waals surface area (Å²) in [4.78, 5) is 22.9.